The number of carbonyl (C=O) groups is 2. The molecular weight excluding hydrogens is 316 g/mol. The number of fused-ring (bicyclic) bond motifs is 1. The second-order valence-corrected chi connectivity index (χ2v) is 7.05. The van der Waals surface area contributed by atoms with Crippen LogP contribution < -0.4 is 5.32 Å². The molecule has 4 rings (SSSR count). The van der Waals surface area contributed by atoms with E-state index in [-0.39, 0.29) is 11.8 Å². The average molecular weight is 338 g/mol. The van der Waals surface area contributed by atoms with Crippen LogP contribution in [0.25, 0.3) is 0 Å². The van der Waals surface area contributed by atoms with Crippen LogP contribution in [0.3, 0.4) is 0 Å². The number of benzene rings is 1. The fraction of sp³-hybridized carbons (Fsp3) is 0.421. The first-order chi connectivity index (χ1) is 12.1. The van der Waals surface area contributed by atoms with Gasteiger partial charge in [-0.1, -0.05) is 17.7 Å². The molecule has 130 valence electrons. The fourth-order valence-corrected chi connectivity index (χ4v) is 3.30. The van der Waals surface area contributed by atoms with Crippen molar-refractivity contribution in [3.05, 3.63) is 53.6 Å². The Morgan fingerprint density at radius 3 is 2.92 bits per heavy atom. The third-order valence-electron chi connectivity index (χ3n) is 4.95. The summed E-state index contributed by atoms with van der Waals surface area (Å²) in [5, 5.41) is 3.03. The summed E-state index contributed by atoms with van der Waals surface area (Å²) in [6.45, 7) is 3.53. The lowest BCUT2D eigenvalue weighted by Crippen LogP contribution is -2.46. The first-order valence-electron chi connectivity index (χ1n) is 8.76. The molecule has 2 heterocycles. The Morgan fingerprint density at radius 2 is 2.16 bits per heavy atom. The molecule has 1 aromatic heterocycles. The number of aromatic nitrogens is 2. The van der Waals surface area contributed by atoms with Gasteiger partial charge in [0, 0.05) is 18.3 Å². The zero-order valence-electron chi connectivity index (χ0n) is 14.3. The Bertz CT molecular complexity index is 809. The number of imidazole rings is 1. The van der Waals surface area contributed by atoms with Crippen molar-refractivity contribution in [3.63, 3.8) is 0 Å². The summed E-state index contributed by atoms with van der Waals surface area (Å²) in [6, 6.07) is 7.14. The van der Waals surface area contributed by atoms with Gasteiger partial charge in [0.1, 0.15) is 6.04 Å². The highest BCUT2D eigenvalue weighted by Gasteiger charge is 2.33. The number of carbonyl (C=O) groups excluding carboxylic acids is 2. The Kier molecular flexibility index (Phi) is 4.03. The Morgan fingerprint density at radius 1 is 1.32 bits per heavy atom. The highest BCUT2D eigenvalue weighted by molar-refractivity contribution is 5.95. The van der Waals surface area contributed by atoms with Crippen molar-refractivity contribution in [2.24, 2.45) is 5.92 Å². The van der Waals surface area contributed by atoms with Crippen molar-refractivity contribution in [1.82, 2.24) is 19.8 Å². The van der Waals surface area contributed by atoms with Crippen molar-refractivity contribution in [2.75, 3.05) is 13.1 Å². The molecule has 0 saturated heterocycles. The van der Waals surface area contributed by atoms with Crippen LogP contribution in [0.15, 0.2) is 36.8 Å². The molecular formula is C19H22N4O2. The van der Waals surface area contributed by atoms with E-state index >= 15 is 0 Å². The van der Waals surface area contributed by atoms with Gasteiger partial charge in [-0.15, -0.1) is 0 Å². The highest BCUT2D eigenvalue weighted by Crippen LogP contribution is 2.28. The summed E-state index contributed by atoms with van der Waals surface area (Å²) in [5.41, 5.74) is 2.59. The molecule has 1 saturated carbocycles. The van der Waals surface area contributed by atoms with E-state index in [2.05, 4.69) is 10.3 Å². The molecule has 1 aliphatic carbocycles. The van der Waals surface area contributed by atoms with Crippen molar-refractivity contribution >= 4 is 11.8 Å². The van der Waals surface area contributed by atoms with Crippen molar-refractivity contribution < 1.29 is 9.59 Å². The first-order valence-corrected chi connectivity index (χ1v) is 8.76. The van der Waals surface area contributed by atoms with Gasteiger partial charge in [0.05, 0.1) is 25.1 Å². The molecule has 1 fully saturated rings. The molecule has 6 heteroatoms. The van der Waals surface area contributed by atoms with E-state index in [1.165, 1.54) is 12.8 Å². The molecule has 0 radical (unpaired) electrons. The van der Waals surface area contributed by atoms with Gasteiger partial charge >= 0.3 is 0 Å². The Labute approximate surface area is 146 Å². The largest absolute Gasteiger partial charge is 0.354 e. The lowest BCUT2D eigenvalue weighted by Gasteiger charge is -2.33. The molecule has 0 spiro atoms. The van der Waals surface area contributed by atoms with Crippen molar-refractivity contribution in [1.29, 1.82) is 0 Å². The molecule has 1 N–H and O–H groups in total. The van der Waals surface area contributed by atoms with Gasteiger partial charge < -0.3 is 14.8 Å². The van der Waals surface area contributed by atoms with Gasteiger partial charge in [0.25, 0.3) is 5.91 Å². The van der Waals surface area contributed by atoms with E-state index in [0.717, 1.165) is 17.8 Å². The van der Waals surface area contributed by atoms with E-state index in [4.69, 9.17) is 0 Å². The van der Waals surface area contributed by atoms with Gasteiger partial charge in [0.15, 0.2) is 0 Å². The van der Waals surface area contributed by atoms with Gasteiger partial charge in [-0.3, -0.25) is 9.59 Å². The molecule has 0 bridgehead atoms. The topological polar surface area (TPSA) is 67.2 Å². The summed E-state index contributed by atoms with van der Waals surface area (Å²) >= 11 is 0. The summed E-state index contributed by atoms with van der Waals surface area (Å²) in [7, 11) is 0. The van der Waals surface area contributed by atoms with Crippen molar-refractivity contribution in [2.45, 2.75) is 32.4 Å². The fourth-order valence-electron chi connectivity index (χ4n) is 3.30. The number of amides is 2. The van der Waals surface area contributed by atoms with E-state index in [1.807, 2.05) is 35.8 Å². The van der Waals surface area contributed by atoms with Crippen LogP contribution in [-0.4, -0.2) is 39.4 Å². The van der Waals surface area contributed by atoms with E-state index in [0.29, 0.717) is 24.6 Å². The van der Waals surface area contributed by atoms with Gasteiger partial charge in [-0.25, -0.2) is 4.98 Å². The number of rotatable bonds is 4. The van der Waals surface area contributed by atoms with E-state index < -0.39 is 6.04 Å². The predicted octanol–water partition coefficient (Wildman–Crippen LogP) is 1.91. The lowest BCUT2D eigenvalue weighted by molar-refractivity contribution is -0.125. The van der Waals surface area contributed by atoms with E-state index in [9.17, 15) is 9.59 Å². The number of nitrogens with zero attached hydrogens (tertiary/aromatic N) is 3. The SMILES string of the molecule is Cc1cccc(C(=O)N2Cc3cncn3[C@H](C(=O)NCC3CC3)C2)c1. The minimum Gasteiger partial charge on any atom is -0.354 e. The summed E-state index contributed by atoms with van der Waals surface area (Å²) < 4.78 is 1.89. The summed E-state index contributed by atoms with van der Waals surface area (Å²) in [5.74, 6) is 0.545. The molecule has 2 aliphatic rings. The zero-order valence-corrected chi connectivity index (χ0v) is 14.3. The predicted molar refractivity (Wildman–Crippen MR) is 92.9 cm³/mol. The van der Waals surface area contributed by atoms with Crippen LogP contribution in [0.4, 0.5) is 0 Å². The molecule has 0 unspecified atom stereocenters. The normalized spacial score (nSPS) is 19.4. The molecule has 1 aliphatic heterocycles. The third kappa shape index (κ3) is 3.29. The minimum atomic E-state index is -0.418. The van der Waals surface area contributed by atoms with Gasteiger partial charge in [-0.2, -0.15) is 0 Å². The van der Waals surface area contributed by atoms with Crippen LogP contribution in [0.5, 0.6) is 0 Å². The maximum Gasteiger partial charge on any atom is 0.254 e. The standard InChI is InChI=1S/C19H22N4O2/c1-13-3-2-4-15(7-13)19(25)22-10-16-9-20-12-23(16)17(11-22)18(24)21-8-14-5-6-14/h2-4,7,9,12,14,17H,5-6,8,10-11H2,1H3,(H,21,24)/t17-/m0/s1. The maximum atomic E-state index is 12.9. The molecule has 6 nitrogen and oxygen atoms in total. The smallest absolute Gasteiger partial charge is 0.254 e. The maximum absolute atomic E-state index is 12.9. The van der Waals surface area contributed by atoms with E-state index in [1.54, 1.807) is 17.4 Å². The van der Waals surface area contributed by atoms with Crippen LogP contribution >= 0.6 is 0 Å². The number of aryl methyl sites for hydroxylation is 1. The van der Waals surface area contributed by atoms with Crippen molar-refractivity contribution in [3.8, 4) is 0 Å². The lowest BCUT2D eigenvalue weighted by atomic mass is 10.1. The minimum absolute atomic E-state index is 0.0344. The summed E-state index contributed by atoms with van der Waals surface area (Å²) in [4.78, 5) is 31.5. The molecule has 2 amide bonds. The van der Waals surface area contributed by atoms with Crippen LogP contribution in [-0.2, 0) is 11.3 Å². The molecule has 25 heavy (non-hydrogen) atoms. The second kappa shape index (κ2) is 6.35. The highest BCUT2D eigenvalue weighted by atomic mass is 16.2. The van der Waals surface area contributed by atoms with Crippen LogP contribution in [0, 0.1) is 12.8 Å². The second-order valence-electron chi connectivity index (χ2n) is 7.05. The van der Waals surface area contributed by atoms with Gasteiger partial charge in [-0.05, 0) is 37.8 Å². The zero-order chi connectivity index (χ0) is 17.4. The average Bonchev–Trinajstić information content (AvgIpc) is 3.33. The Balaban J connectivity index is 1.54. The van der Waals surface area contributed by atoms with Crippen LogP contribution in [0.1, 0.15) is 40.5 Å². The van der Waals surface area contributed by atoms with Gasteiger partial charge in [0.2, 0.25) is 5.91 Å². The number of hydrogen-bond acceptors (Lipinski definition) is 3. The first kappa shape index (κ1) is 15.9. The molecule has 1 aromatic carbocycles. The quantitative estimate of drug-likeness (QED) is 0.926. The number of hydrogen-bond donors (Lipinski definition) is 1. The number of nitrogens with one attached hydrogen (secondary N) is 1. The summed E-state index contributed by atoms with van der Waals surface area (Å²) in [6.07, 6.45) is 5.81. The molecule has 1 atom stereocenters. The monoisotopic (exact) mass is 338 g/mol. The van der Waals surface area contributed by atoms with Crippen LogP contribution in [0.2, 0.25) is 0 Å². The molecule has 2 aromatic rings. The Hall–Kier alpha value is -2.63. The third-order valence-corrected chi connectivity index (χ3v) is 4.95.